The Kier molecular flexibility index (Phi) is 7.48. The molecule has 31 heavy (non-hydrogen) atoms. The molecule has 1 aromatic heterocycles. The Hall–Kier alpha value is -2.51. The highest BCUT2D eigenvalue weighted by molar-refractivity contribution is 7.99. The Balaban J connectivity index is 1.38. The van der Waals surface area contributed by atoms with E-state index in [1.54, 1.807) is 17.8 Å². The molecule has 1 unspecified atom stereocenters. The number of nitrogens with zero attached hydrogens (tertiary/aromatic N) is 3. The van der Waals surface area contributed by atoms with E-state index < -0.39 is 0 Å². The van der Waals surface area contributed by atoms with Gasteiger partial charge in [-0.25, -0.2) is 0 Å². The molecule has 164 valence electrons. The van der Waals surface area contributed by atoms with Gasteiger partial charge in [0.25, 0.3) is 0 Å². The van der Waals surface area contributed by atoms with E-state index in [0.717, 1.165) is 42.2 Å². The van der Waals surface area contributed by atoms with Gasteiger partial charge in [0, 0.05) is 17.7 Å². The summed E-state index contributed by atoms with van der Waals surface area (Å²) < 4.78 is 11.9. The van der Waals surface area contributed by atoms with Crippen molar-refractivity contribution in [3.05, 3.63) is 60.0 Å². The van der Waals surface area contributed by atoms with Crippen molar-refractivity contribution in [2.45, 2.75) is 31.4 Å². The first-order valence-corrected chi connectivity index (χ1v) is 12.0. The summed E-state index contributed by atoms with van der Waals surface area (Å²) >= 11 is 1.65. The average Bonchev–Trinajstić information content (AvgIpc) is 3.49. The Morgan fingerprint density at radius 1 is 1.10 bits per heavy atom. The van der Waals surface area contributed by atoms with Crippen molar-refractivity contribution in [3.8, 4) is 23.0 Å². The highest BCUT2D eigenvalue weighted by atomic mass is 32.2. The molecule has 6 nitrogen and oxygen atoms in total. The maximum absolute atomic E-state index is 10.3. The maximum atomic E-state index is 10.3. The first kappa shape index (κ1) is 21.7. The summed E-state index contributed by atoms with van der Waals surface area (Å²) in [5, 5.41) is 18.6. The van der Waals surface area contributed by atoms with Crippen LogP contribution in [0.4, 0.5) is 0 Å². The molecule has 0 amide bonds. The van der Waals surface area contributed by atoms with E-state index in [1.807, 2.05) is 42.5 Å². The lowest BCUT2D eigenvalue weighted by Crippen LogP contribution is -2.21. The first-order valence-electron chi connectivity index (χ1n) is 10.9. The van der Waals surface area contributed by atoms with Gasteiger partial charge in [-0.3, -0.25) is 0 Å². The number of ether oxygens (including phenoxy) is 1. The molecule has 0 bridgehead atoms. The number of aromatic nitrogens is 2. The minimum atomic E-state index is -0.203. The number of likely N-dealkylation sites (tertiary alicyclic amines) is 1. The fourth-order valence-electron chi connectivity index (χ4n) is 3.81. The van der Waals surface area contributed by atoms with Gasteiger partial charge in [0.05, 0.1) is 6.61 Å². The largest absolute Gasteiger partial charge is 0.508 e. The van der Waals surface area contributed by atoms with E-state index in [-0.39, 0.29) is 11.0 Å². The van der Waals surface area contributed by atoms with E-state index in [2.05, 4.69) is 22.0 Å². The van der Waals surface area contributed by atoms with Gasteiger partial charge in [-0.1, -0.05) is 25.1 Å². The van der Waals surface area contributed by atoms with Crippen molar-refractivity contribution in [1.29, 1.82) is 0 Å². The quantitative estimate of drug-likeness (QED) is 0.438. The number of benzene rings is 2. The normalized spacial score (nSPS) is 15.3. The second kappa shape index (κ2) is 10.7. The zero-order valence-corrected chi connectivity index (χ0v) is 18.7. The molecular formula is C24H29N3O3S. The fourth-order valence-corrected chi connectivity index (χ4v) is 4.76. The number of phenolic OH excluding ortho intramolecular Hbond substituents is 1. The van der Waals surface area contributed by atoms with E-state index in [0.29, 0.717) is 11.8 Å². The molecule has 0 saturated carbocycles. The molecule has 1 saturated heterocycles. The van der Waals surface area contributed by atoms with Crippen molar-refractivity contribution in [1.82, 2.24) is 15.1 Å². The number of hydrogen-bond acceptors (Lipinski definition) is 7. The molecule has 1 atom stereocenters. The number of thioether (sulfide) groups is 1. The molecule has 1 N–H and O–H groups in total. The van der Waals surface area contributed by atoms with Gasteiger partial charge in [0.2, 0.25) is 11.8 Å². The van der Waals surface area contributed by atoms with E-state index >= 15 is 0 Å². The van der Waals surface area contributed by atoms with Crippen LogP contribution in [0.15, 0.2) is 52.9 Å². The Morgan fingerprint density at radius 3 is 2.61 bits per heavy atom. The smallest absolute Gasteiger partial charge is 0.247 e. The summed E-state index contributed by atoms with van der Waals surface area (Å²) in [5.41, 5.74) is 1.63. The van der Waals surface area contributed by atoms with Crippen LogP contribution >= 0.6 is 11.8 Å². The van der Waals surface area contributed by atoms with Gasteiger partial charge in [-0.05, 0) is 68.4 Å². The minimum absolute atomic E-state index is 0.203. The number of rotatable bonds is 10. The van der Waals surface area contributed by atoms with Crippen LogP contribution in [0.2, 0.25) is 0 Å². The molecule has 7 heteroatoms. The zero-order chi connectivity index (χ0) is 21.5. The predicted molar refractivity (Wildman–Crippen MR) is 124 cm³/mol. The van der Waals surface area contributed by atoms with Crippen LogP contribution in [0.5, 0.6) is 11.5 Å². The van der Waals surface area contributed by atoms with E-state index in [9.17, 15) is 5.11 Å². The van der Waals surface area contributed by atoms with Crippen molar-refractivity contribution in [3.63, 3.8) is 0 Å². The molecule has 1 fully saturated rings. The van der Waals surface area contributed by atoms with Crippen LogP contribution in [0, 0.1) is 0 Å². The maximum Gasteiger partial charge on any atom is 0.247 e. The lowest BCUT2D eigenvalue weighted by Gasteiger charge is -2.14. The Labute approximate surface area is 187 Å². The minimum Gasteiger partial charge on any atom is -0.508 e. The monoisotopic (exact) mass is 439 g/mol. The number of hydrogen-bond donors (Lipinski definition) is 1. The molecule has 1 aliphatic heterocycles. The highest BCUT2D eigenvalue weighted by Gasteiger charge is 2.23. The summed E-state index contributed by atoms with van der Waals surface area (Å²) in [7, 11) is 0. The molecule has 0 spiro atoms. The second-order valence-corrected chi connectivity index (χ2v) is 9.00. The Morgan fingerprint density at radius 2 is 1.87 bits per heavy atom. The third kappa shape index (κ3) is 5.60. The Bertz CT molecular complexity index is 955. The molecule has 0 aliphatic carbocycles. The van der Waals surface area contributed by atoms with Crippen LogP contribution in [0.1, 0.15) is 42.9 Å². The van der Waals surface area contributed by atoms with Gasteiger partial charge in [0.1, 0.15) is 16.7 Å². The molecule has 3 aromatic rings. The third-order valence-electron chi connectivity index (χ3n) is 5.40. The summed E-state index contributed by atoms with van der Waals surface area (Å²) in [5.74, 6) is 2.90. The van der Waals surface area contributed by atoms with Crippen molar-refractivity contribution < 1.29 is 14.3 Å². The molecule has 1 aliphatic rings. The van der Waals surface area contributed by atoms with Gasteiger partial charge < -0.3 is 19.2 Å². The summed E-state index contributed by atoms with van der Waals surface area (Å²) in [4.78, 5) is 2.50. The van der Waals surface area contributed by atoms with E-state index in [4.69, 9.17) is 9.15 Å². The number of para-hydroxylation sites is 1. The summed E-state index contributed by atoms with van der Waals surface area (Å²) in [6, 6.07) is 15.0. The van der Waals surface area contributed by atoms with Crippen molar-refractivity contribution >= 4 is 11.8 Å². The van der Waals surface area contributed by atoms with Crippen LogP contribution < -0.4 is 4.74 Å². The molecule has 0 radical (unpaired) electrons. The molecule has 2 heterocycles. The average molecular weight is 440 g/mol. The van der Waals surface area contributed by atoms with Crippen LogP contribution in [0.3, 0.4) is 0 Å². The van der Waals surface area contributed by atoms with Crippen molar-refractivity contribution in [2.24, 2.45) is 0 Å². The molecule has 2 aromatic carbocycles. The fraction of sp³-hybridized carbons (Fsp3) is 0.417. The lowest BCUT2D eigenvalue weighted by atomic mass is 10.1. The summed E-state index contributed by atoms with van der Waals surface area (Å²) in [6.07, 6.45) is 3.69. The van der Waals surface area contributed by atoms with Crippen LogP contribution in [-0.4, -0.2) is 52.2 Å². The van der Waals surface area contributed by atoms with Crippen LogP contribution in [0.25, 0.3) is 11.5 Å². The molecule has 4 rings (SSSR count). The zero-order valence-electron chi connectivity index (χ0n) is 17.9. The number of aromatic hydroxyl groups is 1. The predicted octanol–water partition coefficient (Wildman–Crippen LogP) is 5.15. The highest BCUT2D eigenvalue weighted by Crippen LogP contribution is 2.39. The molecular weight excluding hydrogens is 410 g/mol. The van der Waals surface area contributed by atoms with Crippen molar-refractivity contribution in [2.75, 3.05) is 32.0 Å². The van der Waals surface area contributed by atoms with Gasteiger partial charge in [-0.15, -0.1) is 22.0 Å². The third-order valence-corrected chi connectivity index (χ3v) is 6.53. The summed E-state index contributed by atoms with van der Waals surface area (Å²) in [6.45, 7) is 6.34. The van der Waals surface area contributed by atoms with E-state index in [1.165, 1.54) is 25.9 Å². The van der Waals surface area contributed by atoms with Gasteiger partial charge in [-0.2, -0.15) is 0 Å². The van der Waals surface area contributed by atoms with Gasteiger partial charge >= 0.3 is 0 Å². The lowest BCUT2D eigenvalue weighted by molar-refractivity contribution is 0.263. The first-order chi connectivity index (χ1) is 15.2. The topological polar surface area (TPSA) is 71.6 Å². The SMILES string of the molecule is CCSC(c1nnc(-c2ccc(OCCCN3CCCC3)cc2)o1)c1ccccc1O. The second-order valence-electron chi connectivity index (χ2n) is 7.61. The van der Waals surface area contributed by atoms with Crippen LogP contribution in [-0.2, 0) is 0 Å². The number of phenols is 1. The standard InChI is InChI=1S/C24H29N3O3S/c1-2-31-22(20-8-3-4-9-21(20)28)24-26-25-23(30-24)18-10-12-19(13-11-18)29-17-7-16-27-14-5-6-15-27/h3-4,8-13,22,28H,2,5-7,14-17H2,1H3. The van der Waals surface area contributed by atoms with Gasteiger partial charge in [0.15, 0.2) is 0 Å².